The fourth-order valence-corrected chi connectivity index (χ4v) is 2.59. The lowest BCUT2D eigenvalue weighted by molar-refractivity contribution is 0.346. The number of halogens is 1. The summed E-state index contributed by atoms with van der Waals surface area (Å²) in [6.07, 6.45) is 4.27. The first-order chi connectivity index (χ1) is 10.1. The lowest BCUT2D eigenvalue weighted by Crippen LogP contribution is -2.32. The Kier molecular flexibility index (Phi) is 5.94. The molecule has 2 heterocycles. The van der Waals surface area contributed by atoms with Crippen LogP contribution >= 0.6 is 0 Å². The summed E-state index contributed by atoms with van der Waals surface area (Å²) < 4.78 is 14.5. The predicted octanol–water partition coefficient (Wildman–Crippen LogP) is 2.25. The highest BCUT2D eigenvalue weighted by atomic mass is 19.1. The fourth-order valence-electron chi connectivity index (χ4n) is 2.59. The van der Waals surface area contributed by atoms with E-state index >= 15 is 0 Å². The zero-order valence-electron chi connectivity index (χ0n) is 13.4. The molecule has 0 saturated carbocycles. The van der Waals surface area contributed by atoms with Gasteiger partial charge >= 0.3 is 0 Å². The standard InChI is InChI=1S/C16H27FN4/c1-13(2)19-12-14-6-7-18-16(15(14)17)20(3)10-11-21-8-4-5-9-21/h6-7,13,19H,4-5,8-12H2,1-3H3. The van der Waals surface area contributed by atoms with E-state index in [9.17, 15) is 4.39 Å². The summed E-state index contributed by atoms with van der Waals surface area (Å²) in [5.41, 5.74) is 0.682. The molecule has 1 aromatic heterocycles. The number of pyridine rings is 1. The maximum absolute atomic E-state index is 14.5. The number of nitrogens with zero attached hydrogens (tertiary/aromatic N) is 3. The van der Waals surface area contributed by atoms with Gasteiger partial charge in [-0.1, -0.05) is 13.8 Å². The van der Waals surface area contributed by atoms with Crippen LogP contribution in [0.5, 0.6) is 0 Å². The van der Waals surface area contributed by atoms with Crippen molar-refractivity contribution in [3.63, 3.8) is 0 Å². The molecule has 0 unspecified atom stereocenters. The molecular formula is C16H27FN4. The van der Waals surface area contributed by atoms with Crippen LogP contribution in [0.3, 0.4) is 0 Å². The summed E-state index contributed by atoms with van der Waals surface area (Å²) in [5.74, 6) is 0.256. The number of rotatable bonds is 7. The molecule has 1 N–H and O–H groups in total. The lowest BCUT2D eigenvalue weighted by Gasteiger charge is -2.23. The number of aromatic nitrogens is 1. The van der Waals surface area contributed by atoms with Crippen LogP contribution in [-0.4, -0.2) is 49.2 Å². The summed E-state index contributed by atoms with van der Waals surface area (Å²) in [4.78, 5) is 8.57. The molecule has 4 nitrogen and oxygen atoms in total. The molecule has 0 aromatic carbocycles. The van der Waals surface area contributed by atoms with Crippen LogP contribution in [0.15, 0.2) is 12.3 Å². The first kappa shape index (κ1) is 16.2. The smallest absolute Gasteiger partial charge is 0.170 e. The molecule has 1 aliphatic heterocycles. The first-order valence-electron chi connectivity index (χ1n) is 7.88. The van der Waals surface area contributed by atoms with Crippen molar-refractivity contribution >= 4 is 5.82 Å². The van der Waals surface area contributed by atoms with Gasteiger partial charge in [0.15, 0.2) is 11.6 Å². The van der Waals surface area contributed by atoms with E-state index < -0.39 is 0 Å². The Balaban J connectivity index is 1.95. The molecule has 1 aliphatic rings. The minimum absolute atomic E-state index is 0.199. The van der Waals surface area contributed by atoms with Gasteiger partial charge in [-0.2, -0.15) is 0 Å². The van der Waals surface area contributed by atoms with Crippen molar-refractivity contribution in [2.75, 3.05) is 38.1 Å². The molecular weight excluding hydrogens is 267 g/mol. The third-order valence-electron chi connectivity index (χ3n) is 3.96. The molecule has 21 heavy (non-hydrogen) atoms. The van der Waals surface area contributed by atoms with E-state index in [0.29, 0.717) is 24.0 Å². The number of hydrogen-bond donors (Lipinski definition) is 1. The highest BCUT2D eigenvalue weighted by Gasteiger charge is 2.16. The van der Waals surface area contributed by atoms with Crippen molar-refractivity contribution in [3.8, 4) is 0 Å². The highest BCUT2D eigenvalue weighted by Crippen LogP contribution is 2.18. The molecule has 0 atom stereocenters. The summed E-state index contributed by atoms with van der Waals surface area (Å²) in [7, 11) is 1.92. The number of likely N-dealkylation sites (N-methyl/N-ethyl adjacent to an activating group) is 1. The van der Waals surface area contributed by atoms with Gasteiger partial charge < -0.3 is 15.1 Å². The second-order valence-corrected chi connectivity index (χ2v) is 6.11. The van der Waals surface area contributed by atoms with E-state index in [-0.39, 0.29) is 5.82 Å². The lowest BCUT2D eigenvalue weighted by atomic mass is 10.2. The average molecular weight is 294 g/mol. The van der Waals surface area contributed by atoms with Gasteiger partial charge in [-0.25, -0.2) is 9.37 Å². The van der Waals surface area contributed by atoms with E-state index in [0.717, 1.165) is 13.1 Å². The largest absolute Gasteiger partial charge is 0.356 e. The van der Waals surface area contributed by atoms with Crippen molar-refractivity contribution in [2.45, 2.75) is 39.3 Å². The Labute approximate surface area is 127 Å². The maximum Gasteiger partial charge on any atom is 0.170 e. The molecule has 1 fully saturated rings. The van der Waals surface area contributed by atoms with Gasteiger partial charge in [0.05, 0.1) is 0 Å². The Morgan fingerprint density at radius 3 is 2.76 bits per heavy atom. The minimum Gasteiger partial charge on any atom is -0.356 e. The van der Waals surface area contributed by atoms with Gasteiger partial charge in [-0.05, 0) is 32.0 Å². The average Bonchev–Trinajstić information content (AvgIpc) is 2.97. The molecule has 118 valence electrons. The van der Waals surface area contributed by atoms with Crippen LogP contribution < -0.4 is 10.2 Å². The third kappa shape index (κ3) is 4.64. The topological polar surface area (TPSA) is 31.4 Å². The molecule has 0 amide bonds. The summed E-state index contributed by atoms with van der Waals surface area (Å²) in [6.45, 7) is 8.78. The van der Waals surface area contributed by atoms with Gasteiger partial charge in [0.1, 0.15) is 0 Å². The minimum atomic E-state index is -0.199. The third-order valence-corrected chi connectivity index (χ3v) is 3.96. The Hall–Kier alpha value is -1.20. The predicted molar refractivity (Wildman–Crippen MR) is 85.1 cm³/mol. The van der Waals surface area contributed by atoms with Crippen molar-refractivity contribution in [1.82, 2.24) is 15.2 Å². The van der Waals surface area contributed by atoms with E-state index in [1.54, 1.807) is 12.3 Å². The molecule has 0 aliphatic carbocycles. The summed E-state index contributed by atoms with van der Waals surface area (Å²) >= 11 is 0. The SMILES string of the molecule is CC(C)NCc1ccnc(N(C)CCN2CCCC2)c1F. The molecule has 1 aromatic rings. The van der Waals surface area contributed by atoms with Crippen molar-refractivity contribution in [3.05, 3.63) is 23.6 Å². The highest BCUT2D eigenvalue weighted by molar-refractivity contribution is 5.42. The number of likely N-dealkylation sites (tertiary alicyclic amines) is 1. The van der Waals surface area contributed by atoms with Crippen LogP contribution in [0.1, 0.15) is 32.3 Å². The second kappa shape index (κ2) is 7.71. The van der Waals surface area contributed by atoms with Gasteiger partial charge in [0.2, 0.25) is 0 Å². The van der Waals surface area contributed by atoms with Gasteiger partial charge in [0.25, 0.3) is 0 Å². The first-order valence-corrected chi connectivity index (χ1v) is 7.88. The fraction of sp³-hybridized carbons (Fsp3) is 0.688. The summed E-state index contributed by atoms with van der Waals surface area (Å²) in [6, 6.07) is 2.09. The normalized spacial score (nSPS) is 15.9. The van der Waals surface area contributed by atoms with Crippen LogP contribution in [-0.2, 0) is 6.54 Å². The quantitative estimate of drug-likeness (QED) is 0.836. The monoisotopic (exact) mass is 294 g/mol. The van der Waals surface area contributed by atoms with Crippen LogP contribution in [0, 0.1) is 5.82 Å². The van der Waals surface area contributed by atoms with Crippen LogP contribution in [0.4, 0.5) is 10.2 Å². The van der Waals surface area contributed by atoms with Crippen molar-refractivity contribution < 1.29 is 4.39 Å². The number of nitrogens with one attached hydrogen (secondary N) is 1. The van der Waals surface area contributed by atoms with E-state index in [1.165, 1.54) is 25.9 Å². The number of anilines is 1. The zero-order valence-corrected chi connectivity index (χ0v) is 13.4. The van der Waals surface area contributed by atoms with Crippen molar-refractivity contribution in [2.24, 2.45) is 0 Å². The van der Waals surface area contributed by atoms with Crippen LogP contribution in [0.25, 0.3) is 0 Å². The Morgan fingerprint density at radius 1 is 1.38 bits per heavy atom. The molecule has 1 saturated heterocycles. The molecule has 0 spiro atoms. The van der Waals surface area contributed by atoms with Gasteiger partial charge in [-0.15, -0.1) is 0 Å². The van der Waals surface area contributed by atoms with Gasteiger partial charge in [-0.3, -0.25) is 0 Å². The van der Waals surface area contributed by atoms with Crippen molar-refractivity contribution in [1.29, 1.82) is 0 Å². The van der Waals surface area contributed by atoms with Gasteiger partial charge in [0, 0.05) is 44.5 Å². The van der Waals surface area contributed by atoms with E-state index in [4.69, 9.17) is 0 Å². The molecule has 2 rings (SSSR count). The molecule has 0 bridgehead atoms. The maximum atomic E-state index is 14.5. The summed E-state index contributed by atoms with van der Waals surface area (Å²) in [5, 5.41) is 3.25. The number of hydrogen-bond acceptors (Lipinski definition) is 4. The van der Waals surface area contributed by atoms with Crippen LogP contribution in [0.2, 0.25) is 0 Å². The van der Waals surface area contributed by atoms with E-state index in [2.05, 4.69) is 29.0 Å². The van der Waals surface area contributed by atoms with E-state index in [1.807, 2.05) is 11.9 Å². The Morgan fingerprint density at radius 2 is 2.10 bits per heavy atom. The zero-order chi connectivity index (χ0) is 15.2. The Bertz CT molecular complexity index is 444. The second-order valence-electron chi connectivity index (χ2n) is 6.11. The molecule has 0 radical (unpaired) electrons. The molecule has 5 heteroatoms.